The fourth-order valence-electron chi connectivity index (χ4n) is 3.46. The number of rotatable bonds is 3. The molecule has 0 aromatic heterocycles. The van der Waals surface area contributed by atoms with Crippen LogP contribution in [0, 0.1) is 5.41 Å². The van der Waals surface area contributed by atoms with E-state index in [4.69, 9.17) is 4.74 Å². The van der Waals surface area contributed by atoms with Gasteiger partial charge in [-0.3, -0.25) is 9.59 Å². The Morgan fingerprint density at radius 1 is 1.35 bits per heavy atom. The van der Waals surface area contributed by atoms with Gasteiger partial charge in [0.15, 0.2) is 0 Å². The minimum absolute atomic E-state index is 0.0191. The van der Waals surface area contributed by atoms with Crippen molar-refractivity contribution in [3.8, 4) is 0 Å². The minimum atomic E-state index is -0.283. The number of nitrogens with zero attached hydrogens (tertiary/aromatic N) is 1. The number of anilines is 1. The molecule has 2 aliphatic rings. The largest absolute Gasteiger partial charge is 0.381 e. The lowest BCUT2D eigenvalue weighted by Crippen LogP contribution is -2.46. The van der Waals surface area contributed by atoms with Crippen LogP contribution in [-0.2, 0) is 9.53 Å². The van der Waals surface area contributed by atoms with Crippen LogP contribution in [0.2, 0.25) is 0 Å². The van der Waals surface area contributed by atoms with Gasteiger partial charge in [0.05, 0.1) is 6.61 Å². The summed E-state index contributed by atoms with van der Waals surface area (Å²) in [5.41, 5.74) is 1.35. The van der Waals surface area contributed by atoms with Crippen molar-refractivity contribution in [2.45, 2.75) is 19.3 Å². The van der Waals surface area contributed by atoms with Crippen LogP contribution in [0.5, 0.6) is 0 Å². The van der Waals surface area contributed by atoms with Crippen LogP contribution in [0.1, 0.15) is 29.6 Å². The van der Waals surface area contributed by atoms with Crippen LogP contribution in [0.25, 0.3) is 0 Å². The van der Waals surface area contributed by atoms with Crippen molar-refractivity contribution in [1.29, 1.82) is 0 Å². The van der Waals surface area contributed by atoms with Crippen molar-refractivity contribution in [3.05, 3.63) is 42.5 Å². The summed E-state index contributed by atoms with van der Waals surface area (Å²) in [5.74, 6) is -0.264. The number of carbonyl (C=O) groups is 2. The molecule has 2 saturated heterocycles. The molecular formula is C18H22N2O3. The van der Waals surface area contributed by atoms with E-state index in [1.165, 1.54) is 6.08 Å². The predicted molar refractivity (Wildman–Crippen MR) is 88.3 cm³/mol. The van der Waals surface area contributed by atoms with Gasteiger partial charge in [-0.05, 0) is 43.5 Å². The maximum Gasteiger partial charge on any atom is 0.253 e. The summed E-state index contributed by atoms with van der Waals surface area (Å²) in [5, 5.41) is 2.69. The molecular weight excluding hydrogens is 292 g/mol. The molecule has 0 aliphatic carbocycles. The van der Waals surface area contributed by atoms with Crippen LogP contribution in [0.4, 0.5) is 5.69 Å². The third kappa shape index (κ3) is 3.45. The zero-order valence-electron chi connectivity index (χ0n) is 13.2. The average molecular weight is 314 g/mol. The number of likely N-dealkylation sites (tertiary alicyclic amines) is 1. The second-order valence-electron chi connectivity index (χ2n) is 6.41. The van der Waals surface area contributed by atoms with Crippen molar-refractivity contribution in [2.24, 2.45) is 5.41 Å². The average Bonchev–Trinajstić information content (AvgIpc) is 3.02. The van der Waals surface area contributed by atoms with E-state index in [-0.39, 0.29) is 17.2 Å². The molecule has 5 heteroatoms. The first-order valence-corrected chi connectivity index (χ1v) is 8.02. The van der Waals surface area contributed by atoms with Crippen LogP contribution < -0.4 is 5.32 Å². The smallest absolute Gasteiger partial charge is 0.253 e. The Hall–Kier alpha value is -2.14. The molecule has 23 heavy (non-hydrogen) atoms. The Bertz CT molecular complexity index is 620. The van der Waals surface area contributed by atoms with Crippen molar-refractivity contribution in [1.82, 2.24) is 4.90 Å². The maximum absolute atomic E-state index is 12.8. The Labute approximate surface area is 136 Å². The number of benzene rings is 1. The third-order valence-electron chi connectivity index (χ3n) is 4.70. The number of amides is 2. The molecule has 2 fully saturated rings. The molecule has 0 saturated carbocycles. The first-order valence-electron chi connectivity index (χ1n) is 8.02. The number of hydrogen-bond acceptors (Lipinski definition) is 3. The van der Waals surface area contributed by atoms with E-state index in [1.807, 2.05) is 4.90 Å². The molecule has 0 radical (unpaired) electrons. The predicted octanol–water partition coefficient (Wildman–Crippen LogP) is 2.45. The summed E-state index contributed by atoms with van der Waals surface area (Å²) >= 11 is 0. The summed E-state index contributed by atoms with van der Waals surface area (Å²) < 4.78 is 5.55. The van der Waals surface area contributed by atoms with Crippen LogP contribution in [0.15, 0.2) is 36.9 Å². The molecule has 3 rings (SSSR count). The van der Waals surface area contributed by atoms with Gasteiger partial charge in [-0.15, -0.1) is 0 Å². The van der Waals surface area contributed by atoms with Crippen molar-refractivity contribution >= 4 is 17.5 Å². The first-order chi connectivity index (χ1) is 11.1. The highest BCUT2D eigenvalue weighted by Gasteiger charge is 2.40. The van der Waals surface area contributed by atoms with Gasteiger partial charge in [0.1, 0.15) is 0 Å². The van der Waals surface area contributed by atoms with E-state index in [0.29, 0.717) is 11.3 Å². The fraction of sp³-hybridized carbons (Fsp3) is 0.444. The van der Waals surface area contributed by atoms with E-state index in [0.717, 1.165) is 45.6 Å². The molecule has 2 amide bonds. The van der Waals surface area contributed by atoms with Crippen molar-refractivity contribution in [3.63, 3.8) is 0 Å². The van der Waals surface area contributed by atoms with Gasteiger partial charge in [0.25, 0.3) is 5.91 Å². The molecule has 2 aliphatic heterocycles. The van der Waals surface area contributed by atoms with Crippen molar-refractivity contribution < 1.29 is 14.3 Å². The van der Waals surface area contributed by atoms with Gasteiger partial charge in [-0.2, -0.15) is 0 Å². The van der Waals surface area contributed by atoms with Gasteiger partial charge in [0.2, 0.25) is 5.91 Å². The van der Waals surface area contributed by atoms with Gasteiger partial charge in [0, 0.05) is 36.4 Å². The Balaban J connectivity index is 1.73. The lowest BCUT2D eigenvalue weighted by atomic mass is 9.79. The number of piperidine rings is 1. The molecule has 2 heterocycles. The van der Waals surface area contributed by atoms with E-state index in [9.17, 15) is 9.59 Å². The number of carbonyl (C=O) groups excluding carboxylic acids is 2. The van der Waals surface area contributed by atoms with E-state index in [1.54, 1.807) is 24.3 Å². The Kier molecular flexibility index (Phi) is 4.48. The first kappa shape index (κ1) is 15.7. The van der Waals surface area contributed by atoms with Gasteiger partial charge in [-0.1, -0.05) is 12.6 Å². The summed E-state index contributed by atoms with van der Waals surface area (Å²) in [6.45, 7) is 6.52. The number of nitrogens with one attached hydrogen (secondary N) is 1. The zero-order valence-corrected chi connectivity index (χ0v) is 13.2. The topological polar surface area (TPSA) is 58.6 Å². The van der Waals surface area contributed by atoms with E-state index < -0.39 is 0 Å². The Morgan fingerprint density at radius 3 is 2.96 bits per heavy atom. The zero-order chi connectivity index (χ0) is 16.3. The van der Waals surface area contributed by atoms with E-state index >= 15 is 0 Å². The molecule has 5 nitrogen and oxygen atoms in total. The van der Waals surface area contributed by atoms with Gasteiger partial charge in [-0.25, -0.2) is 0 Å². The van der Waals surface area contributed by atoms with Gasteiger partial charge >= 0.3 is 0 Å². The fourth-order valence-corrected chi connectivity index (χ4v) is 3.46. The lowest BCUT2D eigenvalue weighted by Gasteiger charge is -2.39. The molecule has 1 aromatic carbocycles. The molecule has 1 unspecified atom stereocenters. The lowest BCUT2D eigenvalue weighted by molar-refractivity contribution is -0.111. The third-order valence-corrected chi connectivity index (χ3v) is 4.70. The maximum atomic E-state index is 12.8. The van der Waals surface area contributed by atoms with Crippen LogP contribution >= 0.6 is 0 Å². The number of hydrogen-bond donors (Lipinski definition) is 1. The summed E-state index contributed by atoms with van der Waals surface area (Å²) in [6, 6.07) is 7.06. The normalized spacial score (nSPS) is 23.7. The summed E-state index contributed by atoms with van der Waals surface area (Å²) in [4.78, 5) is 26.1. The second kappa shape index (κ2) is 6.54. The molecule has 122 valence electrons. The highest BCUT2D eigenvalue weighted by molar-refractivity contribution is 6.00. The second-order valence-corrected chi connectivity index (χ2v) is 6.41. The monoisotopic (exact) mass is 314 g/mol. The molecule has 1 aromatic rings. The SMILES string of the molecule is C=CC(=O)Nc1cccc(C(=O)N2CCCC3(CCOC3)C2)c1. The van der Waals surface area contributed by atoms with E-state index in [2.05, 4.69) is 11.9 Å². The summed E-state index contributed by atoms with van der Waals surface area (Å²) in [6.07, 6.45) is 4.39. The highest BCUT2D eigenvalue weighted by Crippen LogP contribution is 2.38. The van der Waals surface area contributed by atoms with Crippen LogP contribution in [-0.4, -0.2) is 43.0 Å². The number of ether oxygens (including phenoxy) is 1. The van der Waals surface area contributed by atoms with Crippen molar-refractivity contribution in [2.75, 3.05) is 31.6 Å². The highest BCUT2D eigenvalue weighted by atomic mass is 16.5. The quantitative estimate of drug-likeness (QED) is 0.872. The molecule has 1 spiro atoms. The van der Waals surface area contributed by atoms with Gasteiger partial charge < -0.3 is 15.0 Å². The minimum Gasteiger partial charge on any atom is -0.381 e. The molecule has 0 bridgehead atoms. The molecule has 1 atom stereocenters. The molecule has 1 N–H and O–H groups in total. The summed E-state index contributed by atoms with van der Waals surface area (Å²) in [7, 11) is 0. The van der Waals surface area contributed by atoms with Crippen LogP contribution in [0.3, 0.4) is 0 Å². The Morgan fingerprint density at radius 2 is 2.22 bits per heavy atom. The standard InChI is InChI=1S/C18H22N2O3/c1-2-16(21)19-15-6-3-5-14(11-15)17(22)20-9-4-7-18(12-20)8-10-23-13-18/h2-3,5-6,11H,1,4,7-10,12-13H2,(H,19,21).